The smallest absolute Gasteiger partial charge is 0.169 e. The average Bonchev–Trinajstić information content (AvgIpc) is 2.64. The Bertz CT molecular complexity index is 433. The molecule has 0 bridgehead atoms. The quantitative estimate of drug-likeness (QED) is 0.929. The Morgan fingerprint density at radius 1 is 1.13 bits per heavy atom. The zero-order chi connectivity index (χ0) is 10.7. The van der Waals surface area contributed by atoms with Crippen molar-refractivity contribution in [3.05, 3.63) is 46.8 Å². The lowest BCUT2D eigenvalue weighted by Crippen LogP contribution is -1.92. The Hall–Kier alpha value is -1.42. The van der Waals surface area contributed by atoms with Crippen LogP contribution in [0.4, 0.5) is 0 Å². The molecule has 0 saturated heterocycles. The number of phenolic OH excluding ortho intramolecular Hbond substituents is 1. The molecule has 0 unspecified atom stereocenters. The van der Waals surface area contributed by atoms with E-state index in [1.54, 1.807) is 24.3 Å². The maximum atomic E-state index is 9.06. The summed E-state index contributed by atoms with van der Waals surface area (Å²) in [6.45, 7) is 0.371. The van der Waals surface area contributed by atoms with Gasteiger partial charge in [0.25, 0.3) is 0 Å². The van der Waals surface area contributed by atoms with Crippen LogP contribution in [0.2, 0.25) is 0 Å². The number of hydrogen-bond acceptors (Lipinski definition) is 3. The molecule has 0 atom stereocenters. The molecule has 1 heterocycles. The standard InChI is InChI=1S/C11H9BrO3/c12-11-6-5-10(15-11)7-14-9-3-1-8(13)2-4-9/h1-6,13H,7H2. The van der Waals surface area contributed by atoms with E-state index in [-0.39, 0.29) is 5.75 Å². The fourth-order valence-corrected chi connectivity index (χ4v) is 1.47. The van der Waals surface area contributed by atoms with Crippen LogP contribution in [0.5, 0.6) is 11.5 Å². The molecular weight excluding hydrogens is 260 g/mol. The molecule has 1 N–H and O–H groups in total. The summed E-state index contributed by atoms with van der Waals surface area (Å²) in [5.41, 5.74) is 0. The number of ether oxygens (including phenoxy) is 1. The van der Waals surface area contributed by atoms with E-state index in [1.165, 1.54) is 0 Å². The summed E-state index contributed by atoms with van der Waals surface area (Å²) >= 11 is 3.21. The third-order valence-electron chi connectivity index (χ3n) is 1.85. The third-order valence-corrected chi connectivity index (χ3v) is 2.27. The Morgan fingerprint density at radius 2 is 1.87 bits per heavy atom. The molecule has 0 spiro atoms. The molecule has 1 aromatic carbocycles. The number of rotatable bonds is 3. The Labute approximate surface area is 95.4 Å². The zero-order valence-electron chi connectivity index (χ0n) is 7.81. The maximum absolute atomic E-state index is 9.06. The third kappa shape index (κ3) is 2.76. The Balaban J connectivity index is 1.96. The van der Waals surface area contributed by atoms with Gasteiger partial charge in [-0.05, 0) is 52.3 Å². The number of phenols is 1. The van der Waals surface area contributed by atoms with Gasteiger partial charge in [-0.25, -0.2) is 0 Å². The minimum absolute atomic E-state index is 0.225. The van der Waals surface area contributed by atoms with E-state index < -0.39 is 0 Å². The molecule has 78 valence electrons. The highest BCUT2D eigenvalue weighted by Gasteiger charge is 2.00. The first kappa shape index (κ1) is 10.1. The SMILES string of the molecule is Oc1ccc(OCc2ccc(Br)o2)cc1. The molecule has 15 heavy (non-hydrogen) atoms. The van der Waals surface area contributed by atoms with Crippen molar-refractivity contribution >= 4 is 15.9 Å². The van der Waals surface area contributed by atoms with Crippen LogP contribution in [0.25, 0.3) is 0 Å². The maximum Gasteiger partial charge on any atom is 0.169 e. The van der Waals surface area contributed by atoms with Crippen molar-refractivity contribution in [2.45, 2.75) is 6.61 Å². The minimum Gasteiger partial charge on any atom is -0.508 e. The molecule has 4 heteroatoms. The van der Waals surface area contributed by atoms with Gasteiger partial charge in [0.15, 0.2) is 4.67 Å². The van der Waals surface area contributed by atoms with Gasteiger partial charge in [0.1, 0.15) is 23.9 Å². The van der Waals surface area contributed by atoms with Gasteiger partial charge in [-0.15, -0.1) is 0 Å². The number of benzene rings is 1. The van der Waals surface area contributed by atoms with Gasteiger partial charge in [-0.1, -0.05) is 0 Å². The van der Waals surface area contributed by atoms with Gasteiger partial charge in [0, 0.05) is 0 Å². The van der Waals surface area contributed by atoms with E-state index in [4.69, 9.17) is 14.3 Å². The normalized spacial score (nSPS) is 10.2. The second-order valence-electron chi connectivity index (χ2n) is 2.99. The van der Waals surface area contributed by atoms with Crippen LogP contribution in [0, 0.1) is 0 Å². The van der Waals surface area contributed by atoms with Crippen LogP contribution < -0.4 is 4.74 Å². The molecule has 2 rings (SSSR count). The summed E-state index contributed by atoms with van der Waals surface area (Å²) in [5, 5.41) is 9.06. The van der Waals surface area contributed by atoms with Crippen LogP contribution in [0.15, 0.2) is 45.5 Å². The van der Waals surface area contributed by atoms with Crippen molar-refractivity contribution < 1.29 is 14.3 Å². The van der Waals surface area contributed by atoms with Crippen LogP contribution in [-0.2, 0) is 6.61 Å². The zero-order valence-corrected chi connectivity index (χ0v) is 9.40. The summed E-state index contributed by atoms with van der Waals surface area (Å²) in [7, 11) is 0. The molecule has 0 aliphatic carbocycles. The van der Waals surface area contributed by atoms with E-state index >= 15 is 0 Å². The predicted octanol–water partition coefficient (Wildman–Crippen LogP) is 3.33. The average molecular weight is 269 g/mol. The van der Waals surface area contributed by atoms with Crippen molar-refractivity contribution in [3.8, 4) is 11.5 Å². The van der Waals surface area contributed by atoms with Crippen molar-refractivity contribution in [1.29, 1.82) is 0 Å². The summed E-state index contributed by atoms with van der Waals surface area (Å²) in [5.74, 6) is 1.67. The summed E-state index contributed by atoms with van der Waals surface area (Å²) < 4.78 is 11.4. The lowest BCUT2D eigenvalue weighted by atomic mass is 10.3. The molecule has 1 aromatic heterocycles. The van der Waals surface area contributed by atoms with Crippen LogP contribution in [0.1, 0.15) is 5.76 Å². The van der Waals surface area contributed by atoms with Crippen LogP contribution >= 0.6 is 15.9 Å². The summed E-state index contributed by atoms with van der Waals surface area (Å²) in [6, 6.07) is 10.2. The molecule has 0 aliphatic rings. The van der Waals surface area contributed by atoms with Gasteiger partial charge >= 0.3 is 0 Å². The fourth-order valence-electron chi connectivity index (χ4n) is 1.13. The molecule has 0 radical (unpaired) electrons. The molecule has 0 fully saturated rings. The summed E-state index contributed by atoms with van der Waals surface area (Å²) in [4.78, 5) is 0. The molecule has 0 amide bonds. The second kappa shape index (κ2) is 4.40. The van der Waals surface area contributed by atoms with Gasteiger partial charge < -0.3 is 14.3 Å². The van der Waals surface area contributed by atoms with Gasteiger partial charge in [-0.2, -0.15) is 0 Å². The summed E-state index contributed by atoms with van der Waals surface area (Å²) in [6.07, 6.45) is 0. The number of aromatic hydroxyl groups is 1. The van der Waals surface area contributed by atoms with Crippen molar-refractivity contribution in [3.63, 3.8) is 0 Å². The first-order valence-electron chi connectivity index (χ1n) is 4.40. The van der Waals surface area contributed by atoms with Gasteiger partial charge in [-0.3, -0.25) is 0 Å². The van der Waals surface area contributed by atoms with E-state index in [0.717, 1.165) is 5.76 Å². The van der Waals surface area contributed by atoms with Gasteiger partial charge in [0.05, 0.1) is 0 Å². The largest absolute Gasteiger partial charge is 0.508 e. The Kier molecular flexibility index (Phi) is 2.97. The first-order valence-corrected chi connectivity index (χ1v) is 5.19. The number of furan rings is 1. The fraction of sp³-hybridized carbons (Fsp3) is 0.0909. The van der Waals surface area contributed by atoms with Crippen LogP contribution in [0.3, 0.4) is 0 Å². The van der Waals surface area contributed by atoms with Crippen molar-refractivity contribution in [1.82, 2.24) is 0 Å². The lowest BCUT2D eigenvalue weighted by molar-refractivity contribution is 0.267. The topological polar surface area (TPSA) is 42.6 Å². The van der Waals surface area contributed by atoms with Crippen molar-refractivity contribution in [2.75, 3.05) is 0 Å². The van der Waals surface area contributed by atoms with Crippen molar-refractivity contribution in [2.24, 2.45) is 0 Å². The van der Waals surface area contributed by atoms with E-state index in [0.29, 0.717) is 17.0 Å². The lowest BCUT2D eigenvalue weighted by Gasteiger charge is -2.03. The first-order chi connectivity index (χ1) is 7.24. The highest BCUT2D eigenvalue weighted by molar-refractivity contribution is 9.10. The van der Waals surface area contributed by atoms with Gasteiger partial charge in [0.2, 0.25) is 0 Å². The van der Waals surface area contributed by atoms with E-state index in [9.17, 15) is 0 Å². The minimum atomic E-state index is 0.225. The van der Waals surface area contributed by atoms with E-state index in [1.807, 2.05) is 12.1 Å². The highest BCUT2D eigenvalue weighted by atomic mass is 79.9. The Morgan fingerprint density at radius 3 is 2.47 bits per heavy atom. The molecule has 0 saturated carbocycles. The molecule has 3 nitrogen and oxygen atoms in total. The monoisotopic (exact) mass is 268 g/mol. The van der Waals surface area contributed by atoms with Crippen LogP contribution in [-0.4, -0.2) is 5.11 Å². The van der Waals surface area contributed by atoms with E-state index in [2.05, 4.69) is 15.9 Å². The number of hydrogen-bond donors (Lipinski definition) is 1. The number of halogens is 1. The molecule has 0 aliphatic heterocycles. The highest BCUT2D eigenvalue weighted by Crippen LogP contribution is 2.19. The predicted molar refractivity (Wildman–Crippen MR) is 58.8 cm³/mol. The molecular formula is C11H9BrO3. The second-order valence-corrected chi connectivity index (χ2v) is 3.77. The molecule has 2 aromatic rings.